The molecule has 0 saturated heterocycles. The van der Waals surface area contributed by atoms with Gasteiger partial charge in [-0.3, -0.25) is 4.79 Å². The number of allylic oxidation sites excluding steroid dienone is 1. The van der Waals surface area contributed by atoms with E-state index in [-0.39, 0.29) is 11.8 Å². The first-order chi connectivity index (χ1) is 9.08. The molecule has 0 aliphatic carbocycles. The molecule has 0 spiro atoms. The van der Waals surface area contributed by atoms with E-state index in [2.05, 4.69) is 22.0 Å². The van der Waals surface area contributed by atoms with E-state index >= 15 is 0 Å². The number of methoxy groups -OCH3 is 1. The van der Waals surface area contributed by atoms with E-state index in [0.717, 1.165) is 27.9 Å². The van der Waals surface area contributed by atoms with Gasteiger partial charge in [0.2, 0.25) is 5.91 Å². The predicted molar refractivity (Wildman–Crippen MR) is 79.8 cm³/mol. The first-order valence-electron chi connectivity index (χ1n) is 6.44. The third-order valence-electron chi connectivity index (χ3n) is 3.41. The minimum absolute atomic E-state index is 0.0701. The van der Waals surface area contributed by atoms with Crippen molar-refractivity contribution in [2.45, 2.75) is 20.3 Å². The smallest absolute Gasteiger partial charge is 0.230 e. The highest BCUT2D eigenvalue weighted by atomic mass is 79.9. The molecule has 0 bridgehead atoms. The second kappa shape index (κ2) is 5.78. The number of carbonyl (C=O) groups is 1. The van der Waals surface area contributed by atoms with E-state index in [4.69, 9.17) is 4.74 Å². The van der Waals surface area contributed by atoms with Crippen molar-refractivity contribution < 1.29 is 9.53 Å². The van der Waals surface area contributed by atoms with Crippen LogP contribution in [-0.2, 0) is 4.79 Å². The van der Waals surface area contributed by atoms with Gasteiger partial charge in [0.25, 0.3) is 0 Å². The molecule has 1 heterocycles. The summed E-state index contributed by atoms with van der Waals surface area (Å²) in [6, 6.07) is 5.82. The van der Waals surface area contributed by atoms with Gasteiger partial charge < -0.3 is 9.64 Å². The summed E-state index contributed by atoms with van der Waals surface area (Å²) in [5, 5.41) is 0. The van der Waals surface area contributed by atoms with Crippen LogP contribution < -0.4 is 4.74 Å². The van der Waals surface area contributed by atoms with Crippen LogP contribution in [0.5, 0.6) is 5.75 Å². The first-order valence-corrected chi connectivity index (χ1v) is 7.23. The van der Waals surface area contributed by atoms with Crippen LogP contribution in [0.3, 0.4) is 0 Å². The van der Waals surface area contributed by atoms with Crippen LogP contribution >= 0.6 is 15.9 Å². The number of carbonyl (C=O) groups excluding carboxylic acids is 1. The topological polar surface area (TPSA) is 29.5 Å². The lowest BCUT2D eigenvalue weighted by atomic mass is 9.97. The maximum absolute atomic E-state index is 12.2. The SMILES string of the molecule is CCN1C(=O)C(C)CC=C1c1ccc(OC)cc1Br. The molecule has 4 heteroatoms. The van der Waals surface area contributed by atoms with Gasteiger partial charge in [0.05, 0.1) is 7.11 Å². The summed E-state index contributed by atoms with van der Waals surface area (Å²) >= 11 is 3.56. The monoisotopic (exact) mass is 323 g/mol. The number of rotatable bonds is 3. The van der Waals surface area contributed by atoms with Crippen molar-refractivity contribution in [3.05, 3.63) is 34.3 Å². The highest BCUT2D eigenvalue weighted by Crippen LogP contribution is 2.34. The first kappa shape index (κ1) is 14.1. The zero-order valence-corrected chi connectivity index (χ0v) is 13.0. The van der Waals surface area contributed by atoms with Crippen LogP contribution in [0.2, 0.25) is 0 Å². The molecule has 1 aromatic rings. The largest absolute Gasteiger partial charge is 0.497 e. The summed E-state index contributed by atoms with van der Waals surface area (Å²) in [4.78, 5) is 14.1. The van der Waals surface area contributed by atoms with Crippen LogP contribution in [0, 0.1) is 5.92 Å². The number of hydrogen-bond acceptors (Lipinski definition) is 2. The average molecular weight is 324 g/mol. The van der Waals surface area contributed by atoms with Gasteiger partial charge in [0.1, 0.15) is 5.75 Å². The van der Waals surface area contributed by atoms with Crippen LogP contribution in [0.15, 0.2) is 28.7 Å². The number of nitrogens with zero attached hydrogens (tertiary/aromatic N) is 1. The Hall–Kier alpha value is -1.29. The summed E-state index contributed by atoms with van der Waals surface area (Å²) in [6.45, 7) is 4.66. The lowest BCUT2D eigenvalue weighted by Crippen LogP contribution is -2.36. The molecule has 0 aromatic heterocycles. The van der Waals surface area contributed by atoms with Crippen molar-refractivity contribution in [1.29, 1.82) is 0 Å². The molecule has 102 valence electrons. The Morgan fingerprint density at radius 1 is 1.47 bits per heavy atom. The molecule has 1 unspecified atom stereocenters. The Bertz CT molecular complexity index is 525. The molecule has 3 nitrogen and oxygen atoms in total. The molecule has 19 heavy (non-hydrogen) atoms. The molecule has 1 aliphatic rings. The summed E-state index contributed by atoms with van der Waals surface area (Å²) in [5.74, 6) is 1.07. The molecule has 0 N–H and O–H groups in total. The van der Waals surface area contributed by atoms with Crippen LogP contribution in [0.1, 0.15) is 25.8 Å². The van der Waals surface area contributed by atoms with Gasteiger partial charge in [-0.1, -0.05) is 13.0 Å². The van der Waals surface area contributed by atoms with Crippen molar-refractivity contribution in [1.82, 2.24) is 4.90 Å². The van der Waals surface area contributed by atoms with Crippen molar-refractivity contribution in [3.63, 3.8) is 0 Å². The Balaban J connectivity index is 2.42. The highest BCUT2D eigenvalue weighted by Gasteiger charge is 2.27. The fourth-order valence-corrected chi connectivity index (χ4v) is 2.86. The van der Waals surface area contributed by atoms with Crippen LogP contribution in [-0.4, -0.2) is 24.5 Å². The van der Waals surface area contributed by atoms with Crippen molar-refractivity contribution in [2.75, 3.05) is 13.7 Å². The van der Waals surface area contributed by atoms with E-state index < -0.39 is 0 Å². The molecule has 0 saturated carbocycles. The molecular weight excluding hydrogens is 306 g/mol. The van der Waals surface area contributed by atoms with E-state index in [0.29, 0.717) is 6.54 Å². The molecule has 0 radical (unpaired) electrons. The fraction of sp³-hybridized carbons (Fsp3) is 0.400. The molecule has 1 amide bonds. The molecule has 2 rings (SSSR count). The maximum atomic E-state index is 12.2. The van der Waals surface area contributed by atoms with Crippen molar-refractivity contribution >= 4 is 27.5 Å². The molecule has 1 atom stereocenters. The Kier molecular flexibility index (Phi) is 4.30. The van der Waals surface area contributed by atoms with Crippen LogP contribution in [0.25, 0.3) is 5.70 Å². The van der Waals surface area contributed by atoms with E-state index in [1.165, 1.54) is 0 Å². The molecule has 1 aromatic carbocycles. The number of halogens is 1. The summed E-state index contributed by atoms with van der Waals surface area (Å²) in [5.41, 5.74) is 2.02. The number of ether oxygens (including phenoxy) is 1. The lowest BCUT2D eigenvalue weighted by Gasteiger charge is -2.31. The van der Waals surface area contributed by atoms with Gasteiger partial charge in [-0.2, -0.15) is 0 Å². The van der Waals surface area contributed by atoms with E-state index in [9.17, 15) is 4.79 Å². The summed E-state index contributed by atoms with van der Waals surface area (Å²) in [7, 11) is 1.64. The minimum atomic E-state index is 0.0701. The van der Waals surface area contributed by atoms with Gasteiger partial charge in [-0.25, -0.2) is 0 Å². The summed E-state index contributed by atoms with van der Waals surface area (Å²) < 4.78 is 6.14. The molecular formula is C15H18BrNO2. The molecule has 1 aliphatic heterocycles. The van der Waals surface area contributed by atoms with Gasteiger partial charge in [-0.05, 0) is 47.5 Å². The lowest BCUT2D eigenvalue weighted by molar-refractivity contribution is -0.131. The van der Waals surface area contributed by atoms with E-state index in [1.54, 1.807) is 7.11 Å². The average Bonchev–Trinajstić information content (AvgIpc) is 2.42. The second-order valence-corrected chi connectivity index (χ2v) is 5.51. The van der Waals surface area contributed by atoms with Crippen LogP contribution in [0.4, 0.5) is 0 Å². The predicted octanol–water partition coefficient (Wildman–Crippen LogP) is 3.69. The standard InChI is InChI=1S/C15H18BrNO2/c1-4-17-14(8-5-10(2)15(17)18)12-7-6-11(19-3)9-13(12)16/h6-10H,4-5H2,1-3H3. The van der Waals surface area contributed by atoms with Gasteiger partial charge in [-0.15, -0.1) is 0 Å². The minimum Gasteiger partial charge on any atom is -0.497 e. The Morgan fingerprint density at radius 2 is 2.21 bits per heavy atom. The van der Waals surface area contributed by atoms with Crippen molar-refractivity contribution in [3.8, 4) is 5.75 Å². The highest BCUT2D eigenvalue weighted by molar-refractivity contribution is 9.10. The normalized spacial score (nSPS) is 19.4. The Morgan fingerprint density at radius 3 is 2.79 bits per heavy atom. The number of benzene rings is 1. The second-order valence-electron chi connectivity index (χ2n) is 4.65. The third-order valence-corrected chi connectivity index (χ3v) is 4.07. The third kappa shape index (κ3) is 2.68. The fourth-order valence-electron chi connectivity index (χ4n) is 2.30. The number of amides is 1. The quantitative estimate of drug-likeness (QED) is 0.849. The number of hydrogen-bond donors (Lipinski definition) is 0. The molecule has 0 fully saturated rings. The summed E-state index contributed by atoms with van der Waals surface area (Å²) in [6.07, 6.45) is 2.94. The van der Waals surface area contributed by atoms with Gasteiger partial charge >= 0.3 is 0 Å². The zero-order chi connectivity index (χ0) is 14.0. The maximum Gasteiger partial charge on any atom is 0.230 e. The Labute approximate surface area is 122 Å². The van der Waals surface area contributed by atoms with Gasteiger partial charge in [0.15, 0.2) is 0 Å². The van der Waals surface area contributed by atoms with E-state index in [1.807, 2.05) is 36.9 Å². The van der Waals surface area contributed by atoms with Gasteiger partial charge in [0, 0.05) is 28.2 Å². The van der Waals surface area contributed by atoms with Crippen molar-refractivity contribution in [2.24, 2.45) is 5.92 Å². The zero-order valence-electron chi connectivity index (χ0n) is 11.4.